The van der Waals surface area contributed by atoms with Crippen LogP contribution in [-0.4, -0.2) is 35.9 Å². The molecule has 1 aliphatic heterocycles. The minimum absolute atomic E-state index is 0.0397. The van der Waals surface area contributed by atoms with Crippen LogP contribution in [0.3, 0.4) is 0 Å². The third-order valence-electron chi connectivity index (χ3n) is 5.67. The zero-order valence-corrected chi connectivity index (χ0v) is 18.4. The van der Waals surface area contributed by atoms with Gasteiger partial charge in [0.15, 0.2) is 0 Å². The largest absolute Gasteiger partial charge is 0.507 e. The van der Waals surface area contributed by atoms with Gasteiger partial charge in [0.25, 0.3) is 11.7 Å². The molecule has 0 spiro atoms. The van der Waals surface area contributed by atoms with E-state index >= 15 is 0 Å². The van der Waals surface area contributed by atoms with Gasteiger partial charge in [-0.3, -0.25) is 9.59 Å². The molecule has 6 nitrogen and oxygen atoms in total. The van der Waals surface area contributed by atoms with Gasteiger partial charge in [-0.15, -0.1) is 0 Å². The molecule has 4 rings (SSSR count). The van der Waals surface area contributed by atoms with Crippen molar-refractivity contribution in [3.63, 3.8) is 0 Å². The van der Waals surface area contributed by atoms with Crippen molar-refractivity contribution in [2.45, 2.75) is 12.6 Å². The Bertz CT molecular complexity index is 1290. The number of hydrogen-bond donors (Lipinski definition) is 1. The zero-order chi connectivity index (χ0) is 24.4. The molecule has 8 heteroatoms. The van der Waals surface area contributed by atoms with E-state index in [1.807, 2.05) is 0 Å². The summed E-state index contributed by atoms with van der Waals surface area (Å²) in [6.07, 6.45) is 0. The van der Waals surface area contributed by atoms with E-state index in [-0.39, 0.29) is 29.0 Å². The molecular formula is C26H21F2NO5. The number of rotatable bonds is 6. The number of likely N-dealkylation sites (tertiary alicyclic amines) is 1. The first-order chi connectivity index (χ1) is 16.3. The maximum absolute atomic E-state index is 14.9. The van der Waals surface area contributed by atoms with Crippen LogP contribution in [0.5, 0.6) is 11.5 Å². The summed E-state index contributed by atoms with van der Waals surface area (Å²) in [6, 6.07) is 14.5. The van der Waals surface area contributed by atoms with Gasteiger partial charge >= 0.3 is 0 Å². The van der Waals surface area contributed by atoms with Crippen molar-refractivity contribution in [3.05, 3.63) is 101 Å². The Morgan fingerprint density at radius 2 is 1.68 bits per heavy atom. The molecule has 3 aromatic rings. The maximum Gasteiger partial charge on any atom is 0.295 e. The van der Waals surface area contributed by atoms with Crippen molar-refractivity contribution in [1.82, 2.24) is 4.90 Å². The van der Waals surface area contributed by atoms with E-state index in [2.05, 4.69) is 0 Å². The van der Waals surface area contributed by atoms with Crippen LogP contribution >= 0.6 is 0 Å². The number of carbonyl (C=O) groups is 2. The molecule has 1 aliphatic rings. The Morgan fingerprint density at radius 3 is 2.32 bits per heavy atom. The number of carbonyl (C=O) groups excluding carboxylic acids is 2. The summed E-state index contributed by atoms with van der Waals surface area (Å²) >= 11 is 0. The molecule has 1 unspecified atom stereocenters. The van der Waals surface area contributed by atoms with Crippen molar-refractivity contribution in [3.8, 4) is 11.5 Å². The number of methoxy groups -OCH3 is 2. The number of ether oxygens (including phenoxy) is 2. The van der Waals surface area contributed by atoms with Crippen LogP contribution in [0.1, 0.15) is 22.7 Å². The van der Waals surface area contributed by atoms with Crippen LogP contribution in [0.2, 0.25) is 0 Å². The summed E-state index contributed by atoms with van der Waals surface area (Å²) < 4.78 is 38.8. The van der Waals surface area contributed by atoms with Crippen LogP contribution in [0.4, 0.5) is 8.78 Å². The number of nitrogens with zero attached hydrogens (tertiary/aromatic N) is 1. The number of halogens is 2. The summed E-state index contributed by atoms with van der Waals surface area (Å²) in [6.45, 7) is -0.0968. The number of hydrogen-bond acceptors (Lipinski definition) is 5. The van der Waals surface area contributed by atoms with Crippen LogP contribution < -0.4 is 9.47 Å². The second-order valence-corrected chi connectivity index (χ2v) is 7.64. The highest BCUT2D eigenvalue weighted by Gasteiger charge is 2.47. The average Bonchev–Trinajstić information content (AvgIpc) is 3.09. The van der Waals surface area contributed by atoms with E-state index in [4.69, 9.17) is 9.47 Å². The van der Waals surface area contributed by atoms with Gasteiger partial charge in [0.2, 0.25) is 0 Å². The second kappa shape index (κ2) is 9.35. The molecule has 1 fully saturated rings. The standard InChI is InChI=1S/C26H21F2NO5/c1-33-17-11-12-19(21(13-17)34-2)24(30)22-23(18-5-3-4-6-20(18)28)29(26(32)25(22)31)14-15-7-9-16(27)10-8-15/h3-13,23,30H,14H2,1-2H3/b24-22+. The van der Waals surface area contributed by atoms with Crippen molar-refractivity contribution in [2.24, 2.45) is 0 Å². The molecule has 0 aromatic heterocycles. The molecule has 1 amide bonds. The highest BCUT2D eigenvalue weighted by Crippen LogP contribution is 2.42. The number of Topliss-reactive ketones (excluding diaryl/α,β-unsaturated/α-hetero) is 1. The zero-order valence-electron chi connectivity index (χ0n) is 18.4. The van der Waals surface area contributed by atoms with Gasteiger partial charge in [0.05, 0.1) is 31.4 Å². The van der Waals surface area contributed by atoms with Crippen LogP contribution in [-0.2, 0) is 16.1 Å². The number of aliphatic hydroxyl groups excluding tert-OH is 1. The molecule has 0 saturated carbocycles. The third-order valence-corrected chi connectivity index (χ3v) is 5.67. The molecule has 0 bridgehead atoms. The first kappa shape index (κ1) is 23.0. The molecule has 1 saturated heterocycles. The fraction of sp³-hybridized carbons (Fsp3) is 0.154. The molecule has 1 heterocycles. The van der Waals surface area contributed by atoms with Gasteiger partial charge in [-0.05, 0) is 35.9 Å². The predicted molar refractivity (Wildman–Crippen MR) is 120 cm³/mol. The molecular weight excluding hydrogens is 444 g/mol. The molecule has 174 valence electrons. The number of ketones is 1. The summed E-state index contributed by atoms with van der Waals surface area (Å²) in [5.41, 5.74) is 0.439. The first-order valence-corrected chi connectivity index (χ1v) is 10.4. The Morgan fingerprint density at radius 1 is 0.971 bits per heavy atom. The molecule has 0 radical (unpaired) electrons. The normalized spacial score (nSPS) is 17.2. The Balaban J connectivity index is 1.90. The molecule has 3 aromatic carbocycles. The minimum atomic E-state index is -1.21. The first-order valence-electron chi connectivity index (χ1n) is 10.4. The van der Waals surface area contributed by atoms with Crippen molar-refractivity contribution in [2.75, 3.05) is 14.2 Å². The van der Waals surface area contributed by atoms with Crippen LogP contribution in [0.25, 0.3) is 5.76 Å². The van der Waals surface area contributed by atoms with Gasteiger partial charge in [0, 0.05) is 18.2 Å². The Kier molecular flexibility index (Phi) is 6.32. The SMILES string of the molecule is COc1ccc(/C(O)=C2\C(=O)C(=O)N(Cc3ccc(F)cc3)C2c2ccccc2F)c(OC)c1. The fourth-order valence-electron chi connectivity index (χ4n) is 3.99. The van der Waals surface area contributed by atoms with E-state index in [0.717, 1.165) is 4.90 Å². The van der Waals surface area contributed by atoms with Crippen molar-refractivity contribution < 1.29 is 33.0 Å². The molecule has 34 heavy (non-hydrogen) atoms. The van der Waals surface area contributed by atoms with Gasteiger partial charge in [-0.25, -0.2) is 8.78 Å². The van der Waals surface area contributed by atoms with Crippen molar-refractivity contribution in [1.29, 1.82) is 0 Å². The number of benzene rings is 3. The average molecular weight is 465 g/mol. The van der Waals surface area contributed by atoms with Gasteiger partial charge in [0.1, 0.15) is 28.9 Å². The smallest absolute Gasteiger partial charge is 0.295 e. The van der Waals surface area contributed by atoms with E-state index in [0.29, 0.717) is 11.3 Å². The lowest BCUT2D eigenvalue weighted by Crippen LogP contribution is -2.29. The second-order valence-electron chi connectivity index (χ2n) is 7.64. The van der Waals surface area contributed by atoms with Crippen LogP contribution in [0, 0.1) is 11.6 Å². The fourth-order valence-corrected chi connectivity index (χ4v) is 3.99. The van der Waals surface area contributed by atoms with Crippen molar-refractivity contribution >= 4 is 17.4 Å². The quantitative estimate of drug-likeness (QED) is 0.327. The van der Waals surface area contributed by atoms with Crippen LogP contribution in [0.15, 0.2) is 72.3 Å². The lowest BCUT2D eigenvalue weighted by molar-refractivity contribution is -0.140. The van der Waals surface area contributed by atoms with E-state index < -0.39 is 35.1 Å². The molecule has 1 atom stereocenters. The number of aliphatic hydroxyl groups is 1. The maximum atomic E-state index is 14.9. The van der Waals surface area contributed by atoms with Gasteiger partial charge in [-0.2, -0.15) is 0 Å². The Hall–Kier alpha value is -4.20. The van der Waals surface area contributed by atoms with Gasteiger partial charge in [-0.1, -0.05) is 30.3 Å². The lowest BCUT2D eigenvalue weighted by Gasteiger charge is -2.26. The number of amides is 1. The van der Waals surface area contributed by atoms with E-state index in [9.17, 15) is 23.5 Å². The summed E-state index contributed by atoms with van der Waals surface area (Å²) in [7, 11) is 2.85. The monoisotopic (exact) mass is 465 g/mol. The van der Waals surface area contributed by atoms with E-state index in [1.54, 1.807) is 12.1 Å². The predicted octanol–water partition coefficient (Wildman–Crippen LogP) is 4.60. The van der Waals surface area contributed by atoms with Gasteiger partial charge < -0.3 is 19.5 Å². The molecule has 1 N–H and O–H groups in total. The lowest BCUT2D eigenvalue weighted by atomic mass is 9.94. The topological polar surface area (TPSA) is 76.1 Å². The minimum Gasteiger partial charge on any atom is -0.507 e. The molecule has 0 aliphatic carbocycles. The summed E-state index contributed by atoms with van der Waals surface area (Å²) in [5.74, 6) is -2.83. The summed E-state index contributed by atoms with van der Waals surface area (Å²) in [5, 5.41) is 11.2. The third kappa shape index (κ3) is 4.10. The Labute approximate surface area is 194 Å². The highest BCUT2D eigenvalue weighted by atomic mass is 19.1. The highest BCUT2D eigenvalue weighted by molar-refractivity contribution is 6.46. The van der Waals surface area contributed by atoms with E-state index in [1.165, 1.54) is 68.8 Å². The summed E-state index contributed by atoms with van der Waals surface area (Å²) in [4.78, 5) is 27.4.